The number of hydrogen-bond acceptors (Lipinski definition) is 4. The molecule has 3 rings (SSSR count). The smallest absolute Gasteiger partial charge is 0.238 e. The summed E-state index contributed by atoms with van der Waals surface area (Å²) in [4.78, 5) is 2.61. The first kappa shape index (κ1) is 18.9. The molecule has 26 heavy (non-hydrogen) atoms. The molecule has 1 unspecified atom stereocenters. The molecule has 0 amide bonds. The van der Waals surface area contributed by atoms with Crippen molar-refractivity contribution in [2.24, 2.45) is 5.14 Å². The third-order valence-electron chi connectivity index (χ3n) is 4.86. The van der Waals surface area contributed by atoms with Gasteiger partial charge in [-0.3, -0.25) is 4.90 Å². The minimum Gasteiger partial charge on any atom is -0.492 e. The van der Waals surface area contributed by atoms with Gasteiger partial charge in [0.05, 0.1) is 4.90 Å². The molecule has 0 aromatic heterocycles. The molecular formula is C20H26N2O3S. The maximum atomic E-state index is 11.3. The maximum Gasteiger partial charge on any atom is 0.238 e. The van der Waals surface area contributed by atoms with E-state index in [1.807, 2.05) is 0 Å². The molecule has 2 aromatic rings. The SMILES string of the molecule is NS(=O)(=O)c1ccc(OCCN2CCCCC2Cc2ccccc2)cc1. The fourth-order valence-electron chi connectivity index (χ4n) is 3.48. The Hall–Kier alpha value is -1.89. The van der Waals surface area contributed by atoms with Crippen LogP contribution in [-0.2, 0) is 16.4 Å². The second-order valence-corrected chi connectivity index (χ2v) is 8.30. The van der Waals surface area contributed by atoms with E-state index >= 15 is 0 Å². The van der Waals surface area contributed by atoms with Crippen LogP contribution >= 0.6 is 0 Å². The van der Waals surface area contributed by atoms with E-state index in [1.54, 1.807) is 12.1 Å². The molecule has 140 valence electrons. The van der Waals surface area contributed by atoms with Gasteiger partial charge in [-0.25, -0.2) is 13.6 Å². The Morgan fingerprint density at radius 3 is 2.46 bits per heavy atom. The van der Waals surface area contributed by atoms with E-state index in [4.69, 9.17) is 9.88 Å². The fourth-order valence-corrected chi connectivity index (χ4v) is 3.99. The first-order valence-electron chi connectivity index (χ1n) is 9.06. The molecule has 1 saturated heterocycles. The summed E-state index contributed by atoms with van der Waals surface area (Å²) < 4.78 is 28.4. The molecule has 0 spiro atoms. The van der Waals surface area contributed by atoms with E-state index in [0.717, 1.165) is 19.5 Å². The van der Waals surface area contributed by atoms with Crippen LogP contribution in [-0.4, -0.2) is 39.1 Å². The van der Waals surface area contributed by atoms with Crippen LogP contribution in [0.1, 0.15) is 24.8 Å². The van der Waals surface area contributed by atoms with E-state index < -0.39 is 10.0 Å². The van der Waals surface area contributed by atoms with Crippen molar-refractivity contribution in [3.05, 3.63) is 60.2 Å². The zero-order valence-corrected chi connectivity index (χ0v) is 15.7. The molecule has 2 aromatic carbocycles. The number of likely N-dealkylation sites (tertiary alicyclic amines) is 1. The van der Waals surface area contributed by atoms with Gasteiger partial charge in [0.1, 0.15) is 12.4 Å². The van der Waals surface area contributed by atoms with Crippen LogP contribution in [0.15, 0.2) is 59.5 Å². The monoisotopic (exact) mass is 374 g/mol. The van der Waals surface area contributed by atoms with Gasteiger partial charge in [-0.2, -0.15) is 0 Å². The average molecular weight is 375 g/mol. The minimum absolute atomic E-state index is 0.101. The van der Waals surface area contributed by atoms with Crippen LogP contribution in [0, 0.1) is 0 Å². The lowest BCUT2D eigenvalue weighted by Crippen LogP contribution is -2.43. The van der Waals surface area contributed by atoms with Crippen LogP contribution < -0.4 is 9.88 Å². The molecule has 2 N–H and O–H groups in total. The zero-order chi connectivity index (χ0) is 18.4. The second-order valence-electron chi connectivity index (χ2n) is 6.74. The summed E-state index contributed by atoms with van der Waals surface area (Å²) in [5, 5.41) is 5.11. The van der Waals surface area contributed by atoms with Crippen molar-refractivity contribution in [2.75, 3.05) is 19.7 Å². The number of primary sulfonamides is 1. The Morgan fingerprint density at radius 2 is 1.77 bits per heavy atom. The Morgan fingerprint density at radius 1 is 1.04 bits per heavy atom. The summed E-state index contributed by atoms with van der Waals surface area (Å²) in [6, 6.07) is 17.4. The molecule has 0 aliphatic carbocycles. The van der Waals surface area contributed by atoms with Crippen LogP contribution in [0.2, 0.25) is 0 Å². The highest BCUT2D eigenvalue weighted by Gasteiger charge is 2.22. The first-order valence-corrected chi connectivity index (χ1v) is 10.6. The molecule has 6 heteroatoms. The van der Waals surface area contributed by atoms with Gasteiger partial charge in [-0.1, -0.05) is 36.8 Å². The summed E-state index contributed by atoms with van der Waals surface area (Å²) in [6.45, 7) is 2.56. The van der Waals surface area contributed by atoms with Crippen LogP contribution in [0.5, 0.6) is 5.75 Å². The van der Waals surface area contributed by atoms with Gasteiger partial charge in [-0.15, -0.1) is 0 Å². The molecule has 1 aliphatic heterocycles. The van der Waals surface area contributed by atoms with E-state index in [1.165, 1.54) is 37.0 Å². The molecular weight excluding hydrogens is 348 g/mol. The molecule has 1 fully saturated rings. The highest BCUT2D eigenvalue weighted by atomic mass is 32.2. The van der Waals surface area contributed by atoms with Crippen molar-refractivity contribution in [1.29, 1.82) is 0 Å². The molecule has 1 atom stereocenters. The summed E-state index contributed by atoms with van der Waals surface area (Å²) in [5.74, 6) is 0.661. The van der Waals surface area contributed by atoms with Crippen molar-refractivity contribution >= 4 is 10.0 Å². The summed E-state index contributed by atoms with van der Waals surface area (Å²) >= 11 is 0. The lowest BCUT2D eigenvalue weighted by atomic mass is 9.96. The van der Waals surface area contributed by atoms with Gasteiger partial charge in [0.2, 0.25) is 10.0 Å². The third-order valence-corrected chi connectivity index (χ3v) is 5.79. The van der Waals surface area contributed by atoms with Gasteiger partial charge in [0, 0.05) is 12.6 Å². The summed E-state index contributed by atoms with van der Waals surface area (Å²) in [6.07, 6.45) is 4.81. The lowest BCUT2D eigenvalue weighted by molar-refractivity contribution is 0.122. The largest absolute Gasteiger partial charge is 0.492 e. The number of benzene rings is 2. The quantitative estimate of drug-likeness (QED) is 0.809. The number of piperidine rings is 1. The van der Waals surface area contributed by atoms with Crippen molar-refractivity contribution in [3.8, 4) is 5.75 Å². The predicted octanol–water partition coefficient (Wildman–Crippen LogP) is 2.81. The Bertz CT molecular complexity index is 792. The van der Waals surface area contributed by atoms with Crippen LogP contribution in [0.3, 0.4) is 0 Å². The normalized spacial score (nSPS) is 18.6. The van der Waals surface area contributed by atoms with Gasteiger partial charge >= 0.3 is 0 Å². The molecule has 5 nitrogen and oxygen atoms in total. The standard InChI is InChI=1S/C20H26N2O3S/c21-26(23,24)20-11-9-19(10-12-20)25-15-14-22-13-5-4-8-18(22)16-17-6-2-1-3-7-17/h1-3,6-7,9-12,18H,4-5,8,13-16H2,(H2,21,23,24). The number of nitrogens with zero attached hydrogens (tertiary/aromatic N) is 1. The summed E-state index contributed by atoms with van der Waals surface area (Å²) in [7, 11) is -3.66. The van der Waals surface area contributed by atoms with Crippen molar-refractivity contribution in [2.45, 2.75) is 36.6 Å². The highest BCUT2D eigenvalue weighted by Crippen LogP contribution is 2.21. The third kappa shape index (κ3) is 5.30. The van der Waals surface area contributed by atoms with Crippen LogP contribution in [0.4, 0.5) is 0 Å². The van der Waals surface area contributed by atoms with E-state index in [0.29, 0.717) is 18.4 Å². The van der Waals surface area contributed by atoms with Crippen molar-refractivity contribution in [1.82, 2.24) is 4.90 Å². The summed E-state index contributed by atoms with van der Waals surface area (Å²) in [5.41, 5.74) is 1.38. The average Bonchev–Trinajstić information content (AvgIpc) is 2.64. The predicted molar refractivity (Wildman–Crippen MR) is 103 cm³/mol. The van der Waals surface area contributed by atoms with Gasteiger partial charge in [-0.05, 0) is 55.6 Å². The molecule has 1 heterocycles. The molecule has 0 radical (unpaired) electrons. The second kappa shape index (κ2) is 8.66. The Balaban J connectivity index is 1.52. The fraction of sp³-hybridized carbons (Fsp3) is 0.400. The number of sulfonamides is 1. The van der Waals surface area contributed by atoms with Crippen molar-refractivity contribution in [3.63, 3.8) is 0 Å². The lowest BCUT2D eigenvalue weighted by Gasteiger charge is -2.35. The molecule has 0 saturated carbocycles. The van der Waals surface area contributed by atoms with Gasteiger partial charge in [0.15, 0.2) is 0 Å². The molecule has 0 bridgehead atoms. The number of ether oxygens (including phenoxy) is 1. The van der Waals surface area contributed by atoms with E-state index in [2.05, 4.69) is 35.2 Å². The van der Waals surface area contributed by atoms with E-state index in [9.17, 15) is 8.42 Å². The topological polar surface area (TPSA) is 72.6 Å². The first-order chi connectivity index (χ1) is 12.5. The minimum atomic E-state index is -3.66. The number of nitrogens with two attached hydrogens (primary N) is 1. The maximum absolute atomic E-state index is 11.3. The number of rotatable bonds is 7. The van der Waals surface area contributed by atoms with Gasteiger partial charge in [0.25, 0.3) is 0 Å². The van der Waals surface area contributed by atoms with Gasteiger partial charge < -0.3 is 4.74 Å². The Labute approximate surface area is 155 Å². The number of hydrogen-bond donors (Lipinski definition) is 1. The van der Waals surface area contributed by atoms with Crippen molar-refractivity contribution < 1.29 is 13.2 Å². The zero-order valence-electron chi connectivity index (χ0n) is 14.9. The highest BCUT2D eigenvalue weighted by molar-refractivity contribution is 7.89. The van der Waals surface area contributed by atoms with Crippen LogP contribution in [0.25, 0.3) is 0 Å². The Kier molecular flexibility index (Phi) is 6.29. The van der Waals surface area contributed by atoms with E-state index in [-0.39, 0.29) is 4.90 Å². The molecule has 1 aliphatic rings.